The molecule has 2 rings (SSSR count). The average Bonchev–Trinajstić information content (AvgIpc) is 2.45. The zero-order valence-electron chi connectivity index (χ0n) is 9.75. The summed E-state index contributed by atoms with van der Waals surface area (Å²) in [6.07, 6.45) is 5.91. The van der Waals surface area contributed by atoms with Crippen molar-refractivity contribution in [3.8, 4) is 0 Å². The lowest BCUT2D eigenvalue weighted by atomic mass is 10.1. The highest BCUT2D eigenvalue weighted by Gasteiger charge is 2.39. The van der Waals surface area contributed by atoms with Gasteiger partial charge < -0.3 is 4.57 Å². The summed E-state index contributed by atoms with van der Waals surface area (Å²) < 4.78 is 2.95. The molecule has 0 aromatic carbocycles. The van der Waals surface area contributed by atoms with Crippen LogP contribution in [0.25, 0.3) is 0 Å². The van der Waals surface area contributed by atoms with Crippen LogP contribution in [0.15, 0.2) is 0 Å². The zero-order valence-corrected chi connectivity index (χ0v) is 11.7. The standard InChI is InChI=1S/C11H23NSSi/c1-11(2,3)12(14-8-13-9-14)10-6-4-5-7-10/h10,14H,4-9H2,1-3H3. The third-order valence-corrected chi connectivity index (χ3v) is 10.5. The molecule has 1 nitrogen and oxygen atoms in total. The molecule has 0 spiro atoms. The highest BCUT2D eigenvalue weighted by molar-refractivity contribution is 8.05. The topological polar surface area (TPSA) is 3.24 Å². The molecule has 1 heterocycles. The van der Waals surface area contributed by atoms with Crippen LogP contribution in [0.1, 0.15) is 46.5 Å². The monoisotopic (exact) mass is 229 g/mol. The van der Waals surface area contributed by atoms with E-state index in [2.05, 4.69) is 37.1 Å². The molecule has 1 saturated carbocycles. The molecule has 14 heavy (non-hydrogen) atoms. The fourth-order valence-electron chi connectivity index (χ4n) is 2.96. The third-order valence-electron chi connectivity index (χ3n) is 3.51. The van der Waals surface area contributed by atoms with Crippen LogP contribution in [-0.4, -0.2) is 35.9 Å². The minimum absolute atomic E-state index is 0.437. The molecule has 0 bridgehead atoms. The Bertz CT molecular complexity index is 192. The van der Waals surface area contributed by atoms with Crippen LogP contribution < -0.4 is 0 Å². The second-order valence-electron chi connectivity index (χ2n) is 5.71. The van der Waals surface area contributed by atoms with Crippen molar-refractivity contribution >= 4 is 20.7 Å². The van der Waals surface area contributed by atoms with Gasteiger partial charge in [0.1, 0.15) is 8.96 Å². The van der Waals surface area contributed by atoms with Crippen molar-refractivity contribution < 1.29 is 0 Å². The first-order chi connectivity index (χ1) is 6.59. The predicted octanol–water partition coefficient (Wildman–Crippen LogP) is 2.58. The van der Waals surface area contributed by atoms with Crippen LogP contribution in [0.3, 0.4) is 0 Å². The highest BCUT2D eigenvalue weighted by atomic mass is 32.2. The van der Waals surface area contributed by atoms with Gasteiger partial charge in [0.15, 0.2) is 0 Å². The molecule has 2 fully saturated rings. The lowest BCUT2D eigenvalue weighted by molar-refractivity contribution is 0.186. The maximum absolute atomic E-state index is 2.95. The number of nitrogens with zero attached hydrogens (tertiary/aromatic N) is 1. The molecule has 1 aliphatic carbocycles. The summed E-state index contributed by atoms with van der Waals surface area (Å²) in [7, 11) is -0.498. The van der Waals surface area contributed by atoms with Gasteiger partial charge in [0.25, 0.3) is 0 Å². The molecular weight excluding hydrogens is 206 g/mol. The fourth-order valence-corrected chi connectivity index (χ4v) is 8.02. The fraction of sp³-hybridized carbons (Fsp3) is 1.00. The largest absolute Gasteiger partial charge is 0.317 e. The van der Waals surface area contributed by atoms with Crippen molar-refractivity contribution in [3.63, 3.8) is 0 Å². The van der Waals surface area contributed by atoms with Crippen molar-refractivity contribution in [1.82, 2.24) is 4.57 Å². The molecule has 0 N–H and O–H groups in total. The Morgan fingerprint density at radius 1 is 1.14 bits per heavy atom. The van der Waals surface area contributed by atoms with Gasteiger partial charge in [-0.3, -0.25) is 0 Å². The summed E-state index contributed by atoms with van der Waals surface area (Å²) >= 11 is 2.17. The summed E-state index contributed by atoms with van der Waals surface area (Å²) in [5.41, 5.74) is 0.437. The molecular formula is C11H23NSSi. The van der Waals surface area contributed by atoms with E-state index in [1.165, 1.54) is 36.4 Å². The Labute approximate surface area is 94.3 Å². The van der Waals surface area contributed by atoms with Crippen LogP contribution in [0.2, 0.25) is 0 Å². The maximum Gasteiger partial charge on any atom is 0.132 e. The van der Waals surface area contributed by atoms with Crippen molar-refractivity contribution in [1.29, 1.82) is 0 Å². The Hall–Kier alpha value is 0.527. The maximum atomic E-state index is 2.95. The van der Waals surface area contributed by atoms with E-state index < -0.39 is 8.96 Å². The Morgan fingerprint density at radius 3 is 2.07 bits per heavy atom. The minimum Gasteiger partial charge on any atom is -0.317 e. The summed E-state index contributed by atoms with van der Waals surface area (Å²) in [6, 6.07) is 0.951. The number of hydrogen-bond donors (Lipinski definition) is 0. The van der Waals surface area contributed by atoms with E-state index >= 15 is 0 Å². The summed E-state index contributed by atoms with van der Waals surface area (Å²) in [5.74, 6) is 0. The van der Waals surface area contributed by atoms with E-state index in [4.69, 9.17) is 0 Å². The van der Waals surface area contributed by atoms with E-state index in [0.717, 1.165) is 6.04 Å². The van der Waals surface area contributed by atoms with Gasteiger partial charge in [-0.1, -0.05) is 12.8 Å². The molecule has 0 atom stereocenters. The smallest absolute Gasteiger partial charge is 0.132 e. The van der Waals surface area contributed by atoms with Crippen molar-refractivity contribution in [2.75, 3.05) is 10.8 Å². The first kappa shape index (κ1) is 11.0. The number of hydrogen-bond acceptors (Lipinski definition) is 2. The van der Waals surface area contributed by atoms with E-state index in [-0.39, 0.29) is 0 Å². The van der Waals surface area contributed by atoms with Gasteiger partial charge in [-0.05, 0) is 44.4 Å². The Balaban J connectivity index is 2.04. The third kappa shape index (κ3) is 2.20. The van der Waals surface area contributed by atoms with E-state index in [1.54, 1.807) is 0 Å². The molecule has 2 aliphatic rings. The van der Waals surface area contributed by atoms with Gasteiger partial charge in [0, 0.05) is 11.6 Å². The molecule has 3 heteroatoms. The normalized spacial score (nSPS) is 25.7. The van der Waals surface area contributed by atoms with Crippen LogP contribution in [0.5, 0.6) is 0 Å². The van der Waals surface area contributed by atoms with Crippen LogP contribution in [-0.2, 0) is 0 Å². The minimum atomic E-state index is -0.498. The van der Waals surface area contributed by atoms with E-state index in [1.807, 2.05) is 0 Å². The van der Waals surface area contributed by atoms with Gasteiger partial charge in [0.05, 0.1) is 0 Å². The van der Waals surface area contributed by atoms with Gasteiger partial charge in [-0.2, -0.15) is 11.8 Å². The van der Waals surface area contributed by atoms with Crippen molar-refractivity contribution in [3.05, 3.63) is 0 Å². The average molecular weight is 229 g/mol. The lowest BCUT2D eigenvalue weighted by Gasteiger charge is -2.48. The number of thioether (sulfide) groups is 1. The molecule has 0 aromatic heterocycles. The first-order valence-electron chi connectivity index (χ1n) is 5.95. The Kier molecular flexibility index (Phi) is 3.29. The van der Waals surface area contributed by atoms with Crippen LogP contribution >= 0.6 is 11.8 Å². The molecule has 1 saturated heterocycles. The highest BCUT2D eigenvalue weighted by Crippen LogP contribution is 2.34. The van der Waals surface area contributed by atoms with Gasteiger partial charge in [-0.15, -0.1) is 0 Å². The zero-order chi connectivity index (χ0) is 10.2. The molecule has 0 amide bonds. The quantitative estimate of drug-likeness (QED) is 0.670. The van der Waals surface area contributed by atoms with E-state index in [9.17, 15) is 0 Å². The second kappa shape index (κ2) is 4.18. The van der Waals surface area contributed by atoms with Gasteiger partial charge >= 0.3 is 0 Å². The van der Waals surface area contributed by atoms with Crippen molar-refractivity contribution in [2.45, 2.75) is 58.0 Å². The second-order valence-corrected chi connectivity index (χ2v) is 10.6. The molecule has 0 radical (unpaired) electrons. The summed E-state index contributed by atoms with van der Waals surface area (Å²) in [5, 5.41) is 3.02. The predicted molar refractivity (Wildman–Crippen MR) is 68.3 cm³/mol. The first-order valence-corrected chi connectivity index (χ1v) is 9.25. The van der Waals surface area contributed by atoms with Crippen molar-refractivity contribution in [2.24, 2.45) is 0 Å². The number of rotatable bonds is 2. The van der Waals surface area contributed by atoms with Gasteiger partial charge in [-0.25, -0.2) is 0 Å². The SMILES string of the molecule is CC(C)(C)N(C1CCCC1)[SiH]1CSC1. The molecule has 82 valence electrons. The van der Waals surface area contributed by atoms with E-state index in [0.29, 0.717) is 5.54 Å². The summed E-state index contributed by atoms with van der Waals surface area (Å²) in [6.45, 7) is 7.25. The molecule has 1 aliphatic heterocycles. The van der Waals surface area contributed by atoms with Crippen LogP contribution in [0.4, 0.5) is 0 Å². The summed E-state index contributed by atoms with van der Waals surface area (Å²) in [4.78, 5) is 0. The molecule has 0 aromatic rings. The van der Waals surface area contributed by atoms with Gasteiger partial charge in [0.2, 0.25) is 0 Å². The molecule has 0 unspecified atom stereocenters. The van der Waals surface area contributed by atoms with Crippen LogP contribution in [0, 0.1) is 0 Å². The lowest BCUT2D eigenvalue weighted by Crippen LogP contribution is -2.61. The Morgan fingerprint density at radius 2 is 1.71 bits per heavy atom.